The fraction of sp³-hybridized carbons (Fsp3) is 0.129. The molecule has 3 aromatic carbocycles. The Kier molecular flexibility index (Phi) is 7.47. The van der Waals surface area contributed by atoms with Gasteiger partial charge in [-0.15, -0.1) is 0 Å². The third-order valence-electron chi connectivity index (χ3n) is 7.12. The second-order valence-corrected chi connectivity index (χ2v) is 10.7. The Morgan fingerprint density at radius 1 is 1.02 bits per heavy atom. The molecule has 0 fully saturated rings. The number of allylic oxidation sites excluding steroid dienone is 1. The van der Waals surface area contributed by atoms with Gasteiger partial charge in [0.25, 0.3) is 5.56 Å². The van der Waals surface area contributed by atoms with Crippen molar-refractivity contribution in [2.75, 3.05) is 7.11 Å². The zero-order chi connectivity index (χ0) is 31.1. The molecule has 44 heavy (non-hydrogen) atoms. The molecular weight excluding hydrogens is 605 g/mol. The number of hydrogen-bond acceptors (Lipinski definition) is 7. The summed E-state index contributed by atoms with van der Waals surface area (Å²) in [6.45, 7) is 0.0987. The first kappa shape index (κ1) is 28.8. The third-order valence-corrected chi connectivity index (χ3v) is 7.71. The van der Waals surface area contributed by atoms with Crippen LogP contribution in [0.1, 0.15) is 17.0 Å². The molecule has 6 rings (SSSR count). The normalized spacial score (nSPS) is 11.7. The molecule has 0 bridgehead atoms. The number of rotatable bonds is 7. The van der Waals surface area contributed by atoms with E-state index in [9.17, 15) is 14.9 Å². The van der Waals surface area contributed by atoms with E-state index in [1.54, 1.807) is 47.0 Å². The molecule has 0 saturated heterocycles. The van der Waals surface area contributed by atoms with Gasteiger partial charge in [-0.3, -0.25) is 18.5 Å². The van der Waals surface area contributed by atoms with Gasteiger partial charge in [-0.25, -0.2) is 9.78 Å². The monoisotopic (exact) mass is 627 g/mol. The standard InChI is InChI=1S/C31H23Cl2N7O4/c1-38-28-26(29(41)39(2)31(38)42)40(16-18-9-10-20(32)14-21(18)33)30(37-28)44-24-11-8-17(13-25(24)43-3)12-19(15-34)27-35-22-6-4-5-7-23(22)36-27/h4-14H,16H2,1-3H3,(H,35,36)/b19-12+. The van der Waals surface area contributed by atoms with Crippen molar-refractivity contribution in [2.24, 2.45) is 14.1 Å². The smallest absolute Gasteiger partial charge is 0.332 e. The number of nitrogens with zero attached hydrogens (tertiary/aromatic N) is 6. The van der Waals surface area contributed by atoms with Crippen molar-refractivity contribution in [2.45, 2.75) is 6.54 Å². The highest BCUT2D eigenvalue weighted by molar-refractivity contribution is 6.35. The largest absolute Gasteiger partial charge is 0.493 e. The lowest BCUT2D eigenvalue weighted by atomic mass is 10.1. The maximum absolute atomic E-state index is 13.3. The second-order valence-electron chi connectivity index (χ2n) is 9.88. The highest BCUT2D eigenvalue weighted by Crippen LogP contribution is 2.35. The predicted octanol–water partition coefficient (Wildman–Crippen LogP) is 5.53. The maximum Gasteiger partial charge on any atom is 0.332 e. The van der Waals surface area contributed by atoms with Crippen LogP contribution in [-0.2, 0) is 20.6 Å². The highest BCUT2D eigenvalue weighted by atomic mass is 35.5. The fourth-order valence-electron chi connectivity index (χ4n) is 4.83. The highest BCUT2D eigenvalue weighted by Gasteiger charge is 2.22. The van der Waals surface area contributed by atoms with E-state index in [-0.39, 0.29) is 29.5 Å². The number of aryl methyl sites for hydroxylation is 1. The molecular formula is C31H23Cl2N7O4. The van der Waals surface area contributed by atoms with E-state index in [0.29, 0.717) is 38.3 Å². The summed E-state index contributed by atoms with van der Waals surface area (Å²) in [5.74, 6) is 1.06. The Morgan fingerprint density at radius 3 is 2.55 bits per heavy atom. The van der Waals surface area contributed by atoms with Gasteiger partial charge in [0.15, 0.2) is 22.7 Å². The third kappa shape index (κ3) is 5.10. The fourth-order valence-corrected chi connectivity index (χ4v) is 5.30. The molecule has 3 aromatic heterocycles. The predicted molar refractivity (Wildman–Crippen MR) is 168 cm³/mol. The maximum atomic E-state index is 13.3. The molecule has 0 aliphatic rings. The first-order chi connectivity index (χ1) is 21.2. The quantitative estimate of drug-likeness (QED) is 0.230. The number of halogens is 2. The first-order valence-electron chi connectivity index (χ1n) is 13.2. The lowest BCUT2D eigenvalue weighted by molar-refractivity contribution is 0.361. The molecule has 0 saturated carbocycles. The summed E-state index contributed by atoms with van der Waals surface area (Å²) in [5.41, 5.74) is 2.42. The molecule has 0 unspecified atom stereocenters. The van der Waals surface area contributed by atoms with Gasteiger partial charge in [0.1, 0.15) is 11.9 Å². The van der Waals surface area contributed by atoms with Crippen LogP contribution in [0.4, 0.5) is 0 Å². The lowest BCUT2D eigenvalue weighted by Crippen LogP contribution is -2.37. The van der Waals surface area contributed by atoms with Crippen LogP contribution in [0.2, 0.25) is 10.0 Å². The summed E-state index contributed by atoms with van der Waals surface area (Å²) in [6.07, 6.45) is 1.68. The van der Waals surface area contributed by atoms with Crippen molar-refractivity contribution < 1.29 is 9.47 Å². The molecule has 6 aromatic rings. The van der Waals surface area contributed by atoms with Crippen molar-refractivity contribution in [1.29, 1.82) is 5.26 Å². The van der Waals surface area contributed by atoms with E-state index >= 15 is 0 Å². The Balaban J connectivity index is 1.43. The Morgan fingerprint density at radius 2 is 1.82 bits per heavy atom. The molecule has 13 heteroatoms. The lowest BCUT2D eigenvalue weighted by Gasteiger charge is -2.13. The van der Waals surface area contributed by atoms with Gasteiger partial charge < -0.3 is 14.5 Å². The number of benzene rings is 3. The Labute approximate surface area is 259 Å². The molecule has 0 radical (unpaired) electrons. The molecule has 0 aliphatic heterocycles. The summed E-state index contributed by atoms with van der Waals surface area (Å²) in [7, 11) is 4.40. The number of fused-ring (bicyclic) bond motifs is 2. The molecule has 0 atom stereocenters. The first-order valence-corrected chi connectivity index (χ1v) is 14.0. The van der Waals surface area contributed by atoms with E-state index in [1.165, 1.54) is 25.8 Å². The average molecular weight is 628 g/mol. The van der Waals surface area contributed by atoms with Crippen molar-refractivity contribution in [1.82, 2.24) is 28.7 Å². The number of aromatic amines is 1. The minimum atomic E-state index is -0.544. The molecule has 0 spiro atoms. The number of hydrogen-bond donors (Lipinski definition) is 1. The topological polar surface area (TPSA) is 133 Å². The van der Waals surface area contributed by atoms with Gasteiger partial charge in [-0.05, 0) is 53.6 Å². The number of ether oxygens (including phenoxy) is 2. The molecule has 0 aliphatic carbocycles. The van der Waals surface area contributed by atoms with E-state index in [0.717, 1.165) is 15.6 Å². The van der Waals surface area contributed by atoms with Crippen LogP contribution in [-0.4, -0.2) is 35.8 Å². The van der Waals surface area contributed by atoms with E-state index < -0.39 is 11.2 Å². The number of nitriles is 1. The minimum absolute atomic E-state index is 0.0332. The average Bonchev–Trinajstić information content (AvgIpc) is 3.61. The van der Waals surface area contributed by atoms with Crippen LogP contribution in [0.3, 0.4) is 0 Å². The van der Waals surface area contributed by atoms with E-state index in [2.05, 4.69) is 21.0 Å². The minimum Gasteiger partial charge on any atom is -0.493 e. The molecule has 1 N–H and O–H groups in total. The van der Waals surface area contributed by atoms with Crippen molar-refractivity contribution in [3.05, 3.63) is 108 Å². The van der Waals surface area contributed by atoms with Crippen molar-refractivity contribution >= 4 is 57.0 Å². The van der Waals surface area contributed by atoms with Gasteiger partial charge >= 0.3 is 11.7 Å². The number of para-hydroxylation sites is 2. The Hall–Kier alpha value is -5.31. The zero-order valence-corrected chi connectivity index (χ0v) is 25.1. The van der Waals surface area contributed by atoms with E-state index in [4.69, 9.17) is 32.7 Å². The molecule has 0 amide bonds. The van der Waals surface area contributed by atoms with Crippen LogP contribution in [0.25, 0.3) is 33.8 Å². The summed E-state index contributed by atoms with van der Waals surface area (Å²) in [5, 5.41) is 10.7. The number of H-pyrrole nitrogens is 1. The molecule has 220 valence electrons. The van der Waals surface area contributed by atoms with Crippen molar-refractivity contribution in [3.63, 3.8) is 0 Å². The van der Waals surface area contributed by atoms with Crippen LogP contribution in [0, 0.1) is 11.3 Å². The summed E-state index contributed by atoms with van der Waals surface area (Å²) >= 11 is 12.6. The van der Waals surface area contributed by atoms with Crippen LogP contribution in [0.5, 0.6) is 17.5 Å². The number of imidazole rings is 2. The van der Waals surface area contributed by atoms with Crippen LogP contribution >= 0.6 is 23.2 Å². The SMILES string of the molecule is COc1cc(/C=C(\C#N)c2nc3ccccc3[nH]2)ccc1Oc1nc2c(c(=O)n(C)c(=O)n2C)n1Cc1ccc(Cl)cc1Cl. The van der Waals surface area contributed by atoms with Crippen molar-refractivity contribution in [3.8, 4) is 23.6 Å². The van der Waals surface area contributed by atoms with Crippen LogP contribution < -0.4 is 20.7 Å². The molecule has 3 heterocycles. The van der Waals surface area contributed by atoms with Crippen LogP contribution in [0.15, 0.2) is 70.3 Å². The summed E-state index contributed by atoms with van der Waals surface area (Å²) in [4.78, 5) is 38.2. The number of nitrogens with one attached hydrogen (secondary N) is 1. The summed E-state index contributed by atoms with van der Waals surface area (Å²) in [6, 6.07) is 19.9. The van der Waals surface area contributed by atoms with Gasteiger partial charge in [0.2, 0.25) is 0 Å². The second kappa shape index (κ2) is 11.4. The van der Waals surface area contributed by atoms with Gasteiger partial charge in [0, 0.05) is 24.1 Å². The van der Waals surface area contributed by atoms with Gasteiger partial charge in [-0.1, -0.05) is 47.5 Å². The summed E-state index contributed by atoms with van der Waals surface area (Å²) < 4.78 is 15.7. The Bertz CT molecular complexity index is 2260. The van der Waals surface area contributed by atoms with Gasteiger partial charge in [0.05, 0.1) is 30.3 Å². The zero-order valence-electron chi connectivity index (χ0n) is 23.6. The number of methoxy groups -OCH3 is 1. The molecule has 11 nitrogen and oxygen atoms in total. The van der Waals surface area contributed by atoms with Gasteiger partial charge in [-0.2, -0.15) is 10.2 Å². The van der Waals surface area contributed by atoms with E-state index in [1.807, 2.05) is 24.3 Å². The number of aromatic nitrogens is 6.